The lowest BCUT2D eigenvalue weighted by Gasteiger charge is -2.39. The van der Waals surface area contributed by atoms with Crippen LogP contribution in [0.25, 0.3) is 5.57 Å². The van der Waals surface area contributed by atoms with Crippen LogP contribution in [-0.2, 0) is 9.53 Å². The summed E-state index contributed by atoms with van der Waals surface area (Å²) in [5, 5.41) is 0. The molecule has 5 heteroatoms. The minimum absolute atomic E-state index is 0.0873. The summed E-state index contributed by atoms with van der Waals surface area (Å²) in [7, 11) is 0. The predicted octanol–water partition coefficient (Wildman–Crippen LogP) is 3.48. The maximum absolute atomic E-state index is 13.2. The Morgan fingerprint density at radius 3 is 2.37 bits per heavy atom. The first kappa shape index (κ1) is 17.6. The molecule has 2 aliphatic heterocycles. The predicted molar refractivity (Wildman–Crippen MR) is 99.6 cm³/mol. The van der Waals surface area contributed by atoms with E-state index >= 15 is 0 Å². The molecule has 27 heavy (non-hydrogen) atoms. The van der Waals surface area contributed by atoms with Crippen LogP contribution in [0.3, 0.4) is 0 Å². The average molecular weight is 365 g/mol. The lowest BCUT2D eigenvalue weighted by atomic mass is 9.81. The number of benzene rings is 2. The molecule has 2 aliphatic rings. The highest BCUT2D eigenvalue weighted by Gasteiger charge is 2.46. The normalized spacial score (nSPS) is 19.0. The molecule has 0 atom stereocenters. The lowest BCUT2D eigenvalue weighted by Crippen LogP contribution is -2.47. The fourth-order valence-electron chi connectivity index (χ4n) is 3.86. The number of halogens is 1. The summed E-state index contributed by atoms with van der Waals surface area (Å²) in [5.74, 6) is -0.583. The zero-order valence-electron chi connectivity index (χ0n) is 14.9. The van der Waals surface area contributed by atoms with Gasteiger partial charge in [0.05, 0.1) is 6.54 Å². The number of hydrogen-bond donors (Lipinski definition) is 0. The van der Waals surface area contributed by atoms with Crippen LogP contribution in [0.5, 0.6) is 0 Å². The van der Waals surface area contributed by atoms with E-state index in [9.17, 15) is 14.0 Å². The van der Waals surface area contributed by atoms with Gasteiger partial charge in [-0.15, -0.1) is 0 Å². The van der Waals surface area contributed by atoms with Crippen molar-refractivity contribution in [1.82, 2.24) is 4.90 Å². The van der Waals surface area contributed by atoms with Gasteiger partial charge in [0.15, 0.2) is 5.78 Å². The van der Waals surface area contributed by atoms with Crippen molar-refractivity contribution >= 4 is 17.3 Å². The number of nitrogens with zero attached hydrogens (tertiary/aromatic N) is 1. The van der Waals surface area contributed by atoms with Crippen molar-refractivity contribution in [3.05, 3.63) is 77.6 Å². The molecule has 4 rings (SSSR count). The SMILES string of the molecule is O=C1C=C(c2ccc(F)cc2)C2(CCN(CC(=O)c3ccccc3)CC2)O1. The van der Waals surface area contributed by atoms with E-state index in [2.05, 4.69) is 4.90 Å². The number of hydrogen-bond acceptors (Lipinski definition) is 4. The fourth-order valence-corrected chi connectivity index (χ4v) is 3.86. The Hall–Kier alpha value is -2.79. The second-order valence-corrected chi connectivity index (χ2v) is 7.05. The minimum atomic E-state index is -0.679. The first-order valence-corrected chi connectivity index (χ1v) is 9.07. The molecule has 1 saturated heterocycles. The van der Waals surface area contributed by atoms with E-state index < -0.39 is 5.60 Å². The molecule has 1 spiro atoms. The Kier molecular flexibility index (Phi) is 4.62. The third-order valence-electron chi connectivity index (χ3n) is 5.33. The molecule has 0 radical (unpaired) electrons. The Morgan fingerprint density at radius 1 is 1.04 bits per heavy atom. The molecule has 2 aromatic carbocycles. The zero-order chi connectivity index (χ0) is 18.9. The number of esters is 1. The summed E-state index contributed by atoms with van der Waals surface area (Å²) in [6, 6.07) is 15.4. The van der Waals surface area contributed by atoms with Gasteiger partial charge in [-0.05, 0) is 17.7 Å². The number of carbonyl (C=O) groups is 2. The Balaban J connectivity index is 1.46. The maximum atomic E-state index is 13.2. The monoisotopic (exact) mass is 365 g/mol. The summed E-state index contributed by atoms with van der Waals surface area (Å²) in [4.78, 5) is 26.5. The van der Waals surface area contributed by atoms with Crippen LogP contribution in [0.2, 0.25) is 0 Å². The summed E-state index contributed by atoms with van der Waals surface area (Å²) >= 11 is 0. The number of rotatable bonds is 4. The highest BCUT2D eigenvalue weighted by molar-refractivity contribution is 5.99. The second kappa shape index (κ2) is 7.08. The minimum Gasteiger partial charge on any atom is -0.451 e. The van der Waals surface area contributed by atoms with Gasteiger partial charge in [0, 0.05) is 43.1 Å². The van der Waals surface area contributed by atoms with Gasteiger partial charge in [-0.25, -0.2) is 9.18 Å². The molecule has 0 aliphatic carbocycles. The number of piperidine rings is 1. The smallest absolute Gasteiger partial charge is 0.332 e. The van der Waals surface area contributed by atoms with Gasteiger partial charge in [0.25, 0.3) is 0 Å². The molecule has 0 N–H and O–H groups in total. The third kappa shape index (κ3) is 3.55. The van der Waals surface area contributed by atoms with Crippen LogP contribution in [0.1, 0.15) is 28.8 Å². The summed E-state index contributed by atoms with van der Waals surface area (Å²) < 4.78 is 18.9. The largest absolute Gasteiger partial charge is 0.451 e. The van der Waals surface area contributed by atoms with Crippen molar-refractivity contribution in [2.24, 2.45) is 0 Å². The molecule has 2 aromatic rings. The van der Waals surface area contributed by atoms with Gasteiger partial charge in [-0.3, -0.25) is 9.69 Å². The summed E-state index contributed by atoms with van der Waals surface area (Å²) in [5.41, 5.74) is 1.64. The Labute approximate surface area is 157 Å². The molecular formula is C22H20FNO3. The van der Waals surface area contributed by atoms with Crippen LogP contribution in [0.15, 0.2) is 60.7 Å². The van der Waals surface area contributed by atoms with Crippen molar-refractivity contribution < 1.29 is 18.7 Å². The number of carbonyl (C=O) groups excluding carboxylic acids is 2. The van der Waals surface area contributed by atoms with Gasteiger partial charge in [0.1, 0.15) is 11.4 Å². The van der Waals surface area contributed by atoms with Gasteiger partial charge in [-0.1, -0.05) is 42.5 Å². The van der Waals surface area contributed by atoms with Crippen LogP contribution < -0.4 is 0 Å². The van der Waals surface area contributed by atoms with E-state index in [1.54, 1.807) is 12.1 Å². The summed E-state index contributed by atoms with van der Waals surface area (Å²) in [6.45, 7) is 1.67. The van der Waals surface area contributed by atoms with Crippen LogP contribution in [0, 0.1) is 5.82 Å². The van der Waals surface area contributed by atoms with E-state index in [4.69, 9.17) is 4.74 Å². The van der Waals surface area contributed by atoms with E-state index in [1.807, 2.05) is 30.3 Å². The van der Waals surface area contributed by atoms with Crippen molar-refractivity contribution in [2.45, 2.75) is 18.4 Å². The molecule has 1 fully saturated rings. The first-order valence-electron chi connectivity index (χ1n) is 9.07. The number of ketones is 1. The van der Waals surface area contributed by atoms with Crippen LogP contribution in [-0.4, -0.2) is 41.9 Å². The van der Waals surface area contributed by atoms with E-state index in [0.29, 0.717) is 38.0 Å². The quantitative estimate of drug-likeness (QED) is 0.615. The molecule has 0 bridgehead atoms. The van der Waals surface area contributed by atoms with Crippen LogP contribution in [0.4, 0.5) is 4.39 Å². The molecule has 2 heterocycles. The van der Waals surface area contributed by atoms with Gasteiger partial charge in [-0.2, -0.15) is 0 Å². The van der Waals surface area contributed by atoms with E-state index in [-0.39, 0.29) is 17.6 Å². The first-order chi connectivity index (χ1) is 13.1. The van der Waals surface area contributed by atoms with Gasteiger partial charge in [0.2, 0.25) is 0 Å². The molecule has 0 saturated carbocycles. The molecule has 0 amide bonds. The molecular weight excluding hydrogens is 345 g/mol. The fraction of sp³-hybridized carbons (Fsp3) is 0.273. The molecule has 4 nitrogen and oxygen atoms in total. The van der Waals surface area contributed by atoms with Crippen molar-refractivity contribution in [1.29, 1.82) is 0 Å². The molecule has 0 aromatic heterocycles. The number of Topliss-reactive ketones (excluding diaryl/α,β-unsaturated/α-hetero) is 1. The number of ether oxygens (including phenoxy) is 1. The van der Waals surface area contributed by atoms with E-state index in [1.165, 1.54) is 18.2 Å². The van der Waals surface area contributed by atoms with Crippen molar-refractivity contribution in [3.8, 4) is 0 Å². The van der Waals surface area contributed by atoms with Crippen LogP contribution >= 0.6 is 0 Å². The molecule has 0 unspecified atom stereocenters. The molecule has 138 valence electrons. The Morgan fingerprint density at radius 2 is 1.70 bits per heavy atom. The summed E-state index contributed by atoms with van der Waals surface area (Å²) in [6.07, 6.45) is 2.74. The zero-order valence-corrected chi connectivity index (χ0v) is 14.9. The Bertz CT molecular complexity index is 882. The maximum Gasteiger partial charge on any atom is 0.332 e. The second-order valence-electron chi connectivity index (χ2n) is 7.05. The lowest BCUT2D eigenvalue weighted by molar-refractivity contribution is -0.148. The van der Waals surface area contributed by atoms with Gasteiger partial charge < -0.3 is 4.74 Å². The average Bonchev–Trinajstić information content (AvgIpc) is 3.01. The highest BCUT2D eigenvalue weighted by Crippen LogP contribution is 2.43. The van der Waals surface area contributed by atoms with E-state index in [0.717, 1.165) is 11.1 Å². The standard InChI is InChI=1S/C22H20FNO3/c23-18-8-6-16(7-9-18)19-14-21(26)27-22(19)10-12-24(13-11-22)15-20(25)17-4-2-1-3-5-17/h1-9,14H,10-13,15H2. The topological polar surface area (TPSA) is 46.6 Å². The highest BCUT2D eigenvalue weighted by atomic mass is 19.1. The van der Waals surface area contributed by atoms with Crippen molar-refractivity contribution in [3.63, 3.8) is 0 Å². The van der Waals surface area contributed by atoms with Crippen molar-refractivity contribution in [2.75, 3.05) is 19.6 Å². The number of likely N-dealkylation sites (tertiary alicyclic amines) is 1. The third-order valence-corrected chi connectivity index (χ3v) is 5.33. The van der Waals surface area contributed by atoms with Gasteiger partial charge >= 0.3 is 5.97 Å².